The molecule has 7 nitrogen and oxygen atoms in total. The highest BCUT2D eigenvalue weighted by Gasteiger charge is 2.30. The summed E-state index contributed by atoms with van der Waals surface area (Å²) in [6.45, 7) is 0.728. The Kier molecular flexibility index (Phi) is 4.14. The van der Waals surface area contributed by atoms with Gasteiger partial charge in [0.1, 0.15) is 11.5 Å². The lowest BCUT2D eigenvalue weighted by Crippen LogP contribution is -2.47. The van der Waals surface area contributed by atoms with Gasteiger partial charge in [0.25, 0.3) is 5.69 Å². The zero-order chi connectivity index (χ0) is 14.7. The van der Waals surface area contributed by atoms with Crippen molar-refractivity contribution in [2.75, 3.05) is 24.7 Å². The highest BCUT2D eigenvalue weighted by Crippen LogP contribution is 2.32. The summed E-state index contributed by atoms with van der Waals surface area (Å²) in [5, 5.41) is 19.9. The molecule has 1 aromatic carbocycles. The molecule has 1 N–H and O–H groups in total. The lowest BCUT2D eigenvalue weighted by atomic mass is 10.1. The normalized spacial score (nSPS) is 18.9. The number of halogens is 1. The van der Waals surface area contributed by atoms with Crippen molar-refractivity contribution in [2.24, 2.45) is 0 Å². The fourth-order valence-electron chi connectivity index (χ4n) is 2.22. The molecule has 20 heavy (non-hydrogen) atoms. The number of carboxylic acid groups (broad SMARTS) is 1. The first-order valence-corrected chi connectivity index (χ1v) is 5.99. The number of nitro benzene ring substituents is 1. The number of carbonyl (C=O) groups is 1. The van der Waals surface area contributed by atoms with E-state index in [1.165, 1.54) is 4.90 Å². The van der Waals surface area contributed by atoms with Gasteiger partial charge in [0.05, 0.1) is 30.6 Å². The van der Waals surface area contributed by atoms with Gasteiger partial charge in [0.15, 0.2) is 0 Å². The molecule has 1 aliphatic rings. The number of rotatable bonds is 4. The quantitative estimate of drug-likeness (QED) is 0.663. The highest BCUT2D eigenvalue weighted by atomic mass is 19.1. The van der Waals surface area contributed by atoms with E-state index >= 15 is 0 Å². The molecule has 0 saturated carbocycles. The fraction of sp³-hybridized carbons (Fsp3) is 0.417. The average Bonchev–Trinajstić information content (AvgIpc) is 2.38. The fourth-order valence-corrected chi connectivity index (χ4v) is 2.22. The number of anilines is 1. The van der Waals surface area contributed by atoms with Crippen LogP contribution in [0.15, 0.2) is 18.2 Å². The second-order valence-corrected chi connectivity index (χ2v) is 4.41. The van der Waals surface area contributed by atoms with Gasteiger partial charge in [-0.1, -0.05) is 0 Å². The van der Waals surface area contributed by atoms with Crippen LogP contribution in [0.1, 0.15) is 6.42 Å². The Morgan fingerprint density at radius 3 is 3.00 bits per heavy atom. The first kappa shape index (κ1) is 14.2. The molecule has 0 aliphatic carbocycles. The Morgan fingerprint density at radius 2 is 2.35 bits per heavy atom. The summed E-state index contributed by atoms with van der Waals surface area (Å²) in [6, 6.07) is 2.59. The Labute approximate surface area is 113 Å². The third-order valence-electron chi connectivity index (χ3n) is 3.08. The Morgan fingerprint density at radius 1 is 1.60 bits per heavy atom. The predicted octanol–water partition coefficient (Wildman–Crippen LogP) is 1.41. The molecule has 0 aromatic heterocycles. The molecule has 0 radical (unpaired) electrons. The summed E-state index contributed by atoms with van der Waals surface area (Å²) >= 11 is 0. The van der Waals surface area contributed by atoms with E-state index in [1.807, 2.05) is 0 Å². The van der Waals surface area contributed by atoms with Crippen molar-refractivity contribution in [3.05, 3.63) is 34.1 Å². The number of aliphatic carboxylic acids is 1. The molecule has 1 saturated heterocycles. The molecule has 1 heterocycles. The van der Waals surface area contributed by atoms with Gasteiger partial charge in [-0.3, -0.25) is 14.9 Å². The molecular weight excluding hydrogens is 271 g/mol. The van der Waals surface area contributed by atoms with Crippen LogP contribution in [0.4, 0.5) is 15.8 Å². The van der Waals surface area contributed by atoms with Crippen molar-refractivity contribution in [2.45, 2.75) is 12.5 Å². The van der Waals surface area contributed by atoms with Crippen molar-refractivity contribution < 1.29 is 24.0 Å². The van der Waals surface area contributed by atoms with E-state index in [-0.39, 0.29) is 30.9 Å². The molecule has 8 heteroatoms. The van der Waals surface area contributed by atoms with Crippen LogP contribution < -0.4 is 4.90 Å². The standard InChI is InChI=1S/C12H13FN2O5/c13-8-1-2-10(15(18)19)11(5-8)14-3-4-20-7-9(14)6-12(16)17/h1-2,5,9H,3-4,6-7H2,(H,16,17). The highest BCUT2D eigenvalue weighted by molar-refractivity contribution is 5.70. The van der Waals surface area contributed by atoms with E-state index < -0.39 is 22.8 Å². The number of hydrogen-bond acceptors (Lipinski definition) is 5. The predicted molar refractivity (Wildman–Crippen MR) is 67.3 cm³/mol. The maximum atomic E-state index is 13.4. The molecule has 2 rings (SSSR count). The monoisotopic (exact) mass is 284 g/mol. The molecule has 0 amide bonds. The third-order valence-corrected chi connectivity index (χ3v) is 3.08. The molecule has 108 valence electrons. The molecule has 1 unspecified atom stereocenters. The number of benzene rings is 1. The van der Waals surface area contributed by atoms with Gasteiger partial charge in [-0.05, 0) is 6.07 Å². The maximum Gasteiger partial charge on any atom is 0.305 e. The Bertz CT molecular complexity index is 537. The lowest BCUT2D eigenvalue weighted by molar-refractivity contribution is -0.384. The van der Waals surface area contributed by atoms with E-state index in [1.54, 1.807) is 0 Å². The molecule has 1 aliphatic heterocycles. The van der Waals surface area contributed by atoms with Crippen LogP contribution in [0, 0.1) is 15.9 Å². The van der Waals surface area contributed by atoms with Gasteiger partial charge in [-0.15, -0.1) is 0 Å². The van der Waals surface area contributed by atoms with Gasteiger partial charge >= 0.3 is 5.97 Å². The number of nitro groups is 1. The first-order chi connectivity index (χ1) is 9.49. The molecule has 0 bridgehead atoms. The first-order valence-electron chi connectivity index (χ1n) is 5.99. The lowest BCUT2D eigenvalue weighted by Gasteiger charge is -2.36. The summed E-state index contributed by atoms with van der Waals surface area (Å²) in [5.41, 5.74) is -0.159. The average molecular weight is 284 g/mol. The number of carboxylic acids is 1. The van der Waals surface area contributed by atoms with Gasteiger partial charge in [-0.25, -0.2) is 4.39 Å². The van der Waals surface area contributed by atoms with Crippen LogP contribution in [-0.4, -0.2) is 41.8 Å². The van der Waals surface area contributed by atoms with E-state index in [0.29, 0.717) is 6.61 Å². The number of hydrogen-bond donors (Lipinski definition) is 1. The maximum absolute atomic E-state index is 13.4. The Balaban J connectivity index is 2.38. The number of nitrogens with zero attached hydrogens (tertiary/aromatic N) is 2. The largest absolute Gasteiger partial charge is 0.481 e. The van der Waals surface area contributed by atoms with Crippen molar-refractivity contribution in [3.63, 3.8) is 0 Å². The van der Waals surface area contributed by atoms with E-state index in [9.17, 15) is 19.3 Å². The van der Waals surface area contributed by atoms with Crippen LogP contribution in [0.3, 0.4) is 0 Å². The summed E-state index contributed by atoms with van der Waals surface area (Å²) < 4.78 is 18.6. The van der Waals surface area contributed by atoms with Gasteiger partial charge in [0, 0.05) is 18.7 Å². The SMILES string of the molecule is O=C(O)CC1COCCN1c1cc(F)ccc1[N+](=O)[O-]. The van der Waals surface area contributed by atoms with Crippen molar-refractivity contribution in [1.29, 1.82) is 0 Å². The number of ether oxygens (including phenoxy) is 1. The molecule has 1 fully saturated rings. The molecule has 1 aromatic rings. The van der Waals surface area contributed by atoms with Crippen LogP contribution in [-0.2, 0) is 9.53 Å². The zero-order valence-electron chi connectivity index (χ0n) is 10.5. The summed E-state index contributed by atoms with van der Waals surface area (Å²) in [7, 11) is 0. The Hall–Kier alpha value is -2.22. The van der Waals surface area contributed by atoms with E-state index in [0.717, 1.165) is 18.2 Å². The van der Waals surface area contributed by atoms with Crippen LogP contribution in [0.5, 0.6) is 0 Å². The topological polar surface area (TPSA) is 92.9 Å². The number of morpholine rings is 1. The van der Waals surface area contributed by atoms with Crippen LogP contribution in [0.25, 0.3) is 0 Å². The van der Waals surface area contributed by atoms with E-state index in [2.05, 4.69) is 0 Å². The van der Waals surface area contributed by atoms with Crippen molar-refractivity contribution >= 4 is 17.3 Å². The minimum Gasteiger partial charge on any atom is -0.481 e. The van der Waals surface area contributed by atoms with Gasteiger partial charge in [-0.2, -0.15) is 0 Å². The molecule has 0 spiro atoms. The van der Waals surface area contributed by atoms with Gasteiger partial charge in [0.2, 0.25) is 0 Å². The molecule has 1 atom stereocenters. The minimum atomic E-state index is -1.04. The van der Waals surface area contributed by atoms with Crippen LogP contribution >= 0.6 is 0 Å². The van der Waals surface area contributed by atoms with Crippen LogP contribution in [0.2, 0.25) is 0 Å². The minimum absolute atomic E-state index is 0.0875. The smallest absolute Gasteiger partial charge is 0.305 e. The third kappa shape index (κ3) is 3.02. The van der Waals surface area contributed by atoms with Crippen molar-refractivity contribution in [3.8, 4) is 0 Å². The van der Waals surface area contributed by atoms with E-state index in [4.69, 9.17) is 9.84 Å². The summed E-state index contributed by atoms with van der Waals surface area (Å²) in [4.78, 5) is 22.8. The second-order valence-electron chi connectivity index (χ2n) is 4.41. The summed E-state index contributed by atoms with van der Waals surface area (Å²) in [5.74, 6) is -1.64. The molecular formula is C12H13FN2O5. The zero-order valence-corrected chi connectivity index (χ0v) is 10.5. The summed E-state index contributed by atoms with van der Waals surface area (Å²) in [6.07, 6.45) is -0.229. The van der Waals surface area contributed by atoms with Gasteiger partial charge < -0.3 is 14.7 Å². The van der Waals surface area contributed by atoms with Crippen molar-refractivity contribution in [1.82, 2.24) is 0 Å². The second kappa shape index (κ2) is 5.83.